The average Bonchev–Trinajstić information content (AvgIpc) is 2.80. The minimum atomic E-state index is 0.772. The fraction of sp³-hybridized carbons (Fsp3) is 0.750. The predicted octanol–water partition coefficient (Wildman–Crippen LogP) is 2.76. The van der Waals surface area contributed by atoms with E-state index >= 15 is 0 Å². The summed E-state index contributed by atoms with van der Waals surface area (Å²) in [5.41, 5.74) is 1.36. The van der Waals surface area contributed by atoms with Crippen molar-refractivity contribution in [3.8, 4) is 0 Å². The molecule has 0 aromatic carbocycles. The molecule has 0 bridgehead atoms. The molecule has 3 nitrogen and oxygen atoms in total. The van der Waals surface area contributed by atoms with Gasteiger partial charge in [0.25, 0.3) is 0 Å². The summed E-state index contributed by atoms with van der Waals surface area (Å²) >= 11 is 0. The Balaban J connectivity index is 1.35. The van der Waals surface area contributed by atoms with Crippen molar-refractivity contribution < 1.29 is 4.42 Å². The third kappa shape index (κ3) is 2.59. The van der Waals surface area contributed by atoms with Gasteiger partial charge < -0.3 is 9.73 Å². The third-order valence-corrected chi connectivity index (χ3v) is 5.17. The Kier molecular flexibility index (Phi) is 3.12. The summed E-state index contributed by atoms with van der Waals surface area (Å²) in [6, 6.07) is 2.91. The lowest BCUT2D eigenvalue weighted by Crippen LogP contribution is -2.22. The van der Waals surface area contributed by atoms with Gasteiger partial charge in [-0.3, -0.25) is 4.90 Å². The largest absolute Gasteiger partial charge is 0.468 e. The Bertz CT molecular complexity index is 426. The maximum atomic E-state index is 5.72. The molecule has 3 heteroatoms. The van der Waals surface area contributed by atoms with Gasteiger partial charge in [0.15, 0.2) is 0 Å². The Hall–Kier alpha value is -0.800. The van der Waals surface area contributed by atoms with Crippen LogP contribution < -0.4 is 5.32 Å². The second kappa shape index (κ2) is 4.95. The maximum absolute atomic E-state index is 5.72. The SMILES string of the molecule is c1cc(CNC2CC2)c(CN2CC3CCCC3C2)o1. The van der Waals surface area contributed by atoms with E-state index in [-0.39, 0.29) is 0 Å². The summed E-state index contributed by atoms with van der Waals surface area (Å²) in [5.74, 6) is 3.14. The topological polar surface area (TPSA) is 28.4 Å². The van der Waals surface area contributed by atoms with Crippen LogP contribution in [0.5, 0.6) is 0 Å². The highest BCUT2D eigenvalue weighted by Crippen LogP contribution is 2.38. The van der Waals surface area contributed by atoms with E-state index in [2.05, 4.69) is 16.3 Å². The average molecular weight is 260 g/mol. The van der Waals surface area contributed by atoms with E-state index in [0.717, 1.165) is 31.0 Å². The van der Waals surface area contributed by atoms with Gasteiger partial charge in [0, 0.05) is 31.2 Å². The van der Waals surface area contributed by atoms with Gasteiger partial charge in [-0.25, -0.2) is 0 Å². The molecular weight excluding hydrogens is 236 g/mol. The first kappa shape index (κ1) is 12.0. The lowest BCUT2D eigenvalue weighted by molar-refractivity contribution is 0.274. The molecule has 1 N–H and O–H groups in total. The minimum Gasteiger partial charge on any atom is -0.468 e. The highest BCUT2D eigenvalue weighted by atomic mass is 16.3. The molecule has 0 amide bonds. The number of likely N-dealkylation sites (tertiary alicyclic amines) is 1. The van der Waals surface area contributed by atoms with Crippen molar-refractivity contribution in [2.24, 2.45) is 11.8 Å². The van der Waals surface area contributed by atoms with Crippen LogP contribution in [0.15, 0.2) is 16.7 Å². The van der Waals surface area contributed by atoms with E-state index in [1.54, 1.807) is 0 Å². The van der Waals surface area contributed by atoms with Gasteiger partial charge in [0.05, 0.1) is 12.8 Å². The van der Waals surface area contributed by atoms with Crippen molar-refractivity contribution in [2.75, 3.05) is 13.1 Å². The molecule has 0 spiro atoms. The number of fused-ring (bicyclic) bond motifs is 1. The van der Waals surface area contributed by atoms with Crippen LogP contribution in [0.4, 0.5) is 0 Å². The van der Waals surface area contributed by atoms with Gasteiger partial charge in [-0.2, -0.15) is 0 Å². The van der Waals surface area contributed by atoms with Crippen LogP contribution in [-0.4, -0.2) is 24.0 Å². The maximum Gasteiger partial charge on any atom is 0.122 e. The van der Waals surface area contributed by atoms with Gasteiger partial charge in [-0.1, -0.05) is 6.42 Å². The number of hydrogen-bond acceptors (Lipinski definition) is 3. The molecule has 2 atom stereocenters. The summed E-state index contributed by atoms with van der Waals surface area (Å²) in [7, 11) is 0. The van der Waals surface area contributed by atoms with Gasteiger partial charge in [-0.15, -0.1) is 0 Å². The summed E-state index contributed by atoms with van der Waals surface area (Å²) in [6.45, 7) is 4.58. The van der Waals surface area contributed by atoms with Crippen molar-refractivity contribution in [3.63, 3.8) is 0 Å². The number of nitrogens with one attached hydrogen (secondary N) is 1. The van der Waals surface area contributed by atoms with Crippen molar-refractivity contribution in [2.45, 2.75) is 51.2 Å². The lowest BCUT2D eigenvalue weighted by Gasteiger charge is -2.16. The van der Waals surface area contributed by atoms with Crippen LogP contribution in [0.3, 0.4) is 0 Å². The molecule has 3 fully saturated rings. The van der Waals surface area contributed by atoms with Gasteiger partial charge in [0.1, 0.15) is 5.76 Å². The second-order valence-corrected chi connectivity index (χ2v) is 6.67. The molecule has 3 aliphatic rings. The summed E-state index contributed by atoms with van der Waals surface area (Å²) in [5, 5.41) is 3.59. The molecule has 1 aromatic rings. The quantitative estimate of drug-likeness (QED) is 0.882. The molecule has 1 saturated heterocycles. The molecule has 4 rings (SSSR count). The molecule has 2 saturated carbocycles. The van der Waals surface area contributed by atoms with E-state index in [1.165, 1.54) is 56.5 Å². The van der Waals surface area contributed by atoms with E-state index in [1.807, 2.05) is 6.26 Å². The fourth-order valence-electron chi connectivity index (χ4n) is 3.87. The van der Waals surface area contributed by atoms with Gasteiger partial charge >= 0.3 is 0 Å². The highest BCUT2D eigenvalue weighted by Gasteiger charge is 2.36. The van der Waals surface area contributed by atoms with Crippen LogP contribution >= 0.6 is 0 Å². The number of rotatable bonds is 5. The lowest BCUT2D eigenvalue weighted by atomic mass is 10.0. The number of nitrogens with zero attached hydrogens (tertiary/aromatic N) is 1. The number of hydrogen-bond donors (Lipinski definition) is 1. The highest BCUT2D eigenvalue weighted by molar-refractivity contribution is 5.17. The fourth-order valence-corrected chi connectivity index (χ4v) is 3.87. The standard InChI is InChI=1S/C16H24N2O/c1-2-13-9-18(10-14(13)3-1)11-16-12(6-7-19-16)8-17-15-4-5-15/h6-7,13-15,17H,1-5,8-11H2. The van der Waals surface area contributed by atoms with E-state index < -0.39 is 0 Å². The zero-order valence-corrected chi connectivity index (χ0v) is 11.6. The van der Waals surface area contributed by atoms with Crippen molar-refractivity contribution >= 4 is 0 Å². The normalized spacial score (nSPS) is 30.9. The summed E-state index contributed by atoms with van der Waals surface area (Å²) in [6.07, 6.45) is 8.92. The molecule has 1 aliphatic heterocycles. The van der Waals surface area contributed by atoms with Crippen LogP contribution in [0, 0.1) is 11.8 Å². The zero-order chi connectivity index (χ0) is 12.7. The monoisotopic (exact) mass is 260 g/mol. The predicted molar refractivity (Wildman–Crippen MR) is 74.7 cm³/mol. The smallest absolute Gasteiger partial charge is 0.122 e. The van der Waals surface area contributed by atoms with E-state index in [4.69, 9.17) is 4.42 Å². The molecule has 1 aromatic heterocycles. The molecule has 19 heavy (non-hydrogen) atoms. The Labute approximate surface area is 115 Å². The van der Waals surface area contributed by atoms with Crippen molar-refractivity contribution in [3.05, 3.63) is 23.7 Å². The molecule has 104 valence electrons. The van der Waals surface area contributed by atoms with Crippen LogP contribution in [0.1, 0.15) is 43.4 Å². The van der Waals surface area contributed by atoms with Crippen LogP contribution in [-0.2, 0) is 13.1 Å². The van der Waals surface area contributed by atoms with Crippen LogP contribution in [0.25, 0.3) is 0 Å². The van der Waals surface area contributed by atoms with Crippen molar-refractivity contribution in [1.29, 1.82) is 0 Å². The Morgan fingerprint density at radius 1 is 1.16 bits per heavy atom. The first-order valence-electron chi connectivity index (χ1n) is 7.89. The Morgan fingerprint density at radius 2 is 1.95 bits per heavy atom. The molecule has 2 heterocycles. The Morgan fingerprint density at radius 3 is 2.68 bits per heavy atom. The number of furan rings is 1. The summed E-state index contributed by atoms with van der Waals surface area (Å²) < 4.78 is 5.72. The summed E-state index contributed by atoms with van der Waals surface area (Å²) in [4.78, 5) is 2.61. The first-order valence-corrected chi connectivity index (χ1v) is 7.89. The van der Waals surface area contributed by atoms with Gasteiger partial charge in [-0.05, 0) is 43.6 Å². The zero-order valence-electron chi connectivity index (χ0n) is 11.6. The van der Waals surface area contributed by atoms with Crippen LogP contribution in [0.2, 0.25) is 0 Å². The molecular formula is C16H24N2O. The van der Waals surface area contributed by atoms with Gasteiger partial charge in [0.2, 0.25) is 0 Å². The minimum absolute atomic E-state index is 0.772. The van der Waals surface area contributed by atoms with Crippen molar-refractivity contribution in [1.82, 2.24) is 10.2 Å². The molecule has 2 unspecified atom stereocenters. The van der Waals surface area contributed by atoms with E-state index in [0.29, 0.717) is 0 Å². The molecule has 2 aliphatic carbocycles. The molecule has 0 radical (unpaired) electrons. The second-order valence-electron chi connectivity index (χ2n) is 6.67. The first-order chi connectivity index (χ1) is 9.38. The van der Waals surface area contributed by atoms with E-state index in [9.17, 15) is 0 Å². The third-order valence-electron chi connectivity index (χ3n) is 5.17.